The molecule has 100 valence electrons. The van der Waals surface area contributed by atoms with E-state index in [1.165, 1.54) is 6.33 Å². The molecule has 0 saturated heterocycles. The van der Waals surface area contributed by atoms with E-state index in [4.69, 9.17) is 0 Å². The van der Waals surface area contributed by atoms with E-state index in [0.29, 0.717) is 13.0 Å². The van der Waals surface area contributed by atoms with E-state index < -0.39 is 0 Å². The molecule has 1 heterocycles. The normalized spacial score (nSPS) is 10.7. The number of aromatic nitrogens is 3. The molecule has 0 bridgehead atoms. The molecule has 0 saturated carbocycles. The van der Waals surface area contributed by atoms with Crippen LogP contribution in [0.5, 0.6) is 0 Å². The Labute approximate surface area is 112 Å². The number of carbonyl (C=O) groups excluding carboxylic acids is 1. The van der Waals surface area contributed by atoms with Crippen LogP contribution in [0, 0.1) is 0 Å². The minimum absolute atomic E-state index is 0.0961. The van der Waals surface area contributed by atoms with Gasteiger partial charge in [0.15, 0.2) is 5.78 Å². The molecule has 0 aliphatic rings. The number of para-hydroxylation sites is 1. The lowest BCUT2D eigenvalue weighted by atomic mass is 10.2. The van der Waals surface area contributed by atoms with Crippen molar-refractivity contribution >= 4 is 11.5 Å². The van der Waals surface area contributed by atoms with Crippen LogP contribution in [0.1, 0.15) is 25.7 Å². The van der Waals surface area contributed by atoms with Gasteiger partial charge in [0.2, 0.25) is 0 Å². The van der Waals surface area contributed by atoms with E-state index >= 15 is 0 Å². The van der Waals surface area contributed by atoms with Gasteiger partial charge in [-0.15, -0.1) is 0 Å². The lowest BCUT2D eigenvalue weighted by Gasteiger charge is -2.09. The molecule has 0 spiro atoms. The maximum absolute atomic E-state index is 11.9. The maximum atomic E-state index is 11.9. The summed E-state index contributed by atoms with van der Waals surface area (Å²) in [5.41, 5.74) is 0.946. The van der Waals surface area contributed by atoms with Crippen LogP contribution in [0.3, 0.4) is 0 Å². The topological polar surface area (TPSA) is 59.8 Å². The van der Waals surface area contributed by atoms with Crippen molar-refractivity contribution in [2.45, 2.75) is 26.3 Å². The summed E-state index contributed by atoms with van der Waals surface area (Å²) in [7, 11) is 0. The van der Waals surface area contributed by atoms with Crippen molar-refractivity contribution in [3.05, 3.63) is 42.5 Å². The van der Waals surface area contributed by atoms with E-state index in [1.54, 1.807) is 4.68 Å². The Bertz CT molecular complexity index is 533. The number of nitrogens with one attached hydrogen (secondary N) is 1. The largest absolute Gasteiger partial charge is 0.378 e. The van der Waals surface area contributed by atoms with Crippen molar-refractivity contribution in [1.29, 1.82) is 0 Å². The van der Waals surface area contributed by atoms with Crippen LogP contribution in [-0.4, -0.2) is 27.1 Å². The average Bonchev–Trinajstić information content (AvgIpc) is 2.86. The van der Waals surface area contributed by atoms with Crippen LogP contribution < -0.4 is 5.32 Å². The van der Waals surface area contributed by atoms with Gasteiger partial charge in [0.1, 0.15) is 12.2 Å². The number of nitrogens with zero attached hydrogens (tertiary/aromatic N) is 3. The number of Topliss-reactive ketones (excluding diaryl/α,β-unsaturated/α-hetero) is 1. The molecule has 0 fully saturated rings. The predicted molar refractivity (Wildman–Crippen MR) is 74.0 cm³/mol. The fraction of sp³-hybridized carbons (Fsp3) is 0.357. The molecule has 1 aromatic heterocycles. The van der Waals surface area contributed by atoms with Crippen LogP contribution >= 0.6 is 0 Å². The first-order valence-electron chi connectivity index (χ1n) is 6.36. The summed E-state index contributed by atoms with van der Waals surface area (Å²) in [6, 6.07) is 9.89. The summed E-state index contributed by atoms with van der Waals surface area (Å²) in [4.78, 5) is 16.1. The Balaban J connectivity index is 1.89. The zero-order chi connectivity index (χ0) is 13.7. The van der Waals surface area contributed by atoms with Gasteiger partial charge in [-0.05, 0) is 26.0 Å². The Morgan fingerprint density at radius 2 is 2.05 bits per heavy atom. The second kappa shape index (κ2) is 6.13. The number of rotatable bonds is 6. The van der Waals surface area contributed by atoms with Crippen molar-refractivity contribution in [2.75, 3.05) is 11.9 Å². The summed E-state index contributed by atoms with van der Waals surface area (Å²) in [6.07, 6.45) is 1.80. The first-order chi connectivity index (χ1) is 9.16. The molecule has 2 aromatic rings. The smallest absolute Gasteiger partial charge is 0.159 e. The first-order valence-corrected chi connectivity index (χ1v) is 6.36. The van der Waals surface area contributed by atoms with Crippen LogP contribution in [0.2, 0.25) is 0 Å². The first kappa shape index (κ1) is 13.3. The predicted octanol–water partition coefficient (Wildman–Crippen LogP) is 2.08. The highest BCUT2D eigenvalue weighted by Gasteiger charge is 2.11. The van der Waals surface area contributed by atoms with Gasteiger partial charge < -0.3 is 5.32 Å². The number of anilines is 1. The lowest BCUT2D eigenvalue weighted by Crippen LogP contribution is -2.19. The van der Waals surface area contributed by atoms with E-state index in [-0.39, 0.29) is 11.8 Å². The highest BCUT2D eigenvalue weighted by atomic mass is 16.1. The molecule has 19 heavy (non-hydrogen) atoms. The number of hydrogen-bond acceptors (Lipinski definition) is 4. The molecule has 1 N–H and O–H groups in total. The van der Waals surface area contributed by atoms with Crippen LogP contribution in [0.15, 0.2) is 36.7 Å². The standard InChI is InChI=1S/C14H18N4O/c1-11(2)18-14(16-10-17-18)8-13(19)9-15-12-6-4-3-5-7-12/h3-7,10-11,15H,8-9H2,1-2H3. The highest BCUT2D eigenvalue weighted by molar-refractivity contribution is 5.84. The van der Waals surface area contributed by atoms with Crippen molar-refractivity contribution < 1.29 is 4.79 Å². The zero-order valence-electron chi connectivity index (χ0n) is 11.2. The molecule has 5 nitrogen and oxygen atoms in total. The third-order valence-corrected chi connectivity index (χ3v) is 2.76. The molecule has 5 heteroatoms. The highest BCUT2D eigenvalue weighted by Crippen LogP contribution is 2.07. The van der Waals surface area contributed by atoms with Gasteiger partial charge in [-0.25, -0.2) is 9.67 Å². The monoisotopic (exact) mass is 258 g/mol. The molecule has 2 rings (SSSR count). The third kappa shape index (κ3) is 3.64. The summed E-state index contributed by atoms with van der Waals surface area (Å²) in [5.74, 6) is 0.814. The van der Waals surface area contributed by atoms with Gasteiger partial charge in [0.25, 0.3) is 0 Å². The van der Waals surface area contributed by atoms with Gasteiger partial charge in [0.05, 0.1) is 13.0 Å². The van der Waals surface area contributed by atoms with Crippen LogP contribution in [0.4, 0.5) is 5.69 Å². The zero-order valence-corrected chi connectivity index (χ0v) is 11.2. The van der Waals surface area contributed by atoms with Gasteiger partial charge in [-0.1, -0.05) is 18.2 Å². The molecule has 0 atom stereocenters. The molecule has 0 aliphatic heterocycles. The molecule has 0 amide bonds. The van der Waals surface area contributed by atoms with Crippen molar-refractivity contribution in [3.8, 4) is 0 Å². The quantitative estimate of drug-likeness (QED) is 0.861. The van der Waals surface area contributed by atoms with E-state index in [0.717, 1.165) is 11.5 Å². The summed E-state index contributed by atoms with van der Waals surface area (Å²) < 4.78 is 1.78. The Morgan fingerprint density at radius 1 is 1.32 bits per heavy atom. The molecule has 0 radical (unpaired) electrons. The van der Waals surface area contributed by atoms with Gasteiger partial charge in [-0.3, -0.25) is 4.79 Å². The Kier molecular flexibility index (Phi) is 4.28. The Hall–Kier alpha value is -2.17. The fourth-order valence-electron chi connectivity index (χ4n) is 1.83. The number of carbonyl (C=O) groups is 1. The summed E-state index contributed by atoms with van der Waals surface area (Å²) >= 11 is 0. The van der Waals surface area contributed by atoms with Crippen LogP contribution in [0.25, 0.3) is 0 Å². The molecular weight excluding hydrogens is 240 g/mol. The van der Waals surface area contributed by atoms with Gasteiger partial charge in [0, 0.05) is 11.7 Å². The number of ketones is 1. The van der Waals surface area contributed by atoms with E-state index in [2.05, 4.69) is 15.4 Å². The summed E-state index contributed by atoms with van der Waals surface area (Å²) in [6.45, 7) is 4.34. The SMILES string of the molecule is CC(C)n1ncnc1CC(=O)CNc1ccccc1. The number of benzene rings is 1. The third-order valence-electron chi connectivity index (χ3n) is 2.76. The minimum Gasteiger partial charge on any atom is -0.378 e. The molecule has 0 unspecified atom stereocenters. The van der Waals surface area contributed by atoms with Crippen molar-refractivity contribution in [3.63, 3.8) is 0 Å². The van der Waals surface area contributed by atoms with Crippen LogP contribution in [-0.2, 0) is 11.2 Å². The van der Waals surface area contributed by atoms with Gasteiger partial charge in [-0.2, -0.15) is 5.10 Å². The van der Waals surface area contributed by atoms with Gasteiger partial charge >= 0.3 is 0 Å². The Morgan fingerprint density at radius 3 is 2.74 bits per heavy atom. The summed E-state index contributed by atoms with van der Waals surface area (Å²) in [5, 5.41) is 7.22. The molecule has 1 aromatic carbocycles. The van der Waals surface area contributed by atoms with E-state index in [1.807, 2.05) is 44.2 Å². The van der Waals surface area contributed by atoms with E-state index in [9.17, 15) is 4.79 Å². The minimum atomic E-state index is 0.0961. The van der Waals surface area contributed by atoms with Crippen molar-refractivity contribution in [2.24, 2.45) is 0 Å². The second-order valence-electron chi connectivity index (χ2n) is 4.65. The second-order valence-corrected chi connectivity index (χ2v) is 4.65. The van der Waals surface area contributed by atoms with Crippen molar-refractivity contribution in [1.82, 2.24) is 14.8 Å². The fourth-order valence-corrected chi connectivity index (χ4v) is 1.83. The average molecular weight is 258 g/mol. The molecular formula is C14H18N4O. The molecule has 0 aliphatic carbocycles. The number of hydrogen-bond donors (Lipinski definition) is 1. The maximum Gasteiger partial charge on any atom is 0.159 e. The lowest BCUT2D eigenvalue weighted by molar-refractivity contribution is -0.116.